The monoisotopic (exact) mass is 294 g/mol. The second kappa shape index (κ2) is 6.04. The first-order valence-corrected chi connectivity index (χ1v) is 7.62. The van der Waals surface area contributed by atoms with E-state index in [0.29, 0.717) is 6.04 Å². The van der Waals surface area contributed by atoms with Crippen LogP contribution < -0.4 is 5.32 Å². The van der Waals surface area contributed by atoms with Gasteiger partial charge in [-0.1, -0.05) is 23.7 Å². The lowest BCUT2D eigenvalue weighted by Crippen LogP contribution is -2.28. The molecule has 0 aliphatic heterocycles. The molecule has 2 aromatic rings. The van der Waals surface area contributed by atoms with E-state index in [9.17, 15) is 0 Å². The van der Waals surface area contributed by atoms with E-state index >= 15 is 0 Å². The second-order valence-corrected chi connectivity index (χ2v) is 6.67. The van der Waals surface area contributed by atoms with Crippen LogP contribution in [0.25, 0.3) is 0 Å². The highest BCUT2D eigenvalue weighted by atomic mass is 35.5. The van der Waals surface area contributed by atoms with Gasteiger partial charge in [0.25, 0.3) is 0 Å². The zero-order valence-corrected chi connectivity index (χ0v) is 13.3. The van der Waals surface area contributed by atoms with Gasteiger partial charge in [0.05, 0.1) is 11.7 Å². The molecule has 0 aliphatic carbocycles. The Kier molecular flexibility index (Phi) is 4.61. The van der Waals surface area contributed by atoms with E-state index < -0.39 is 0 Å². The van der Waals surface area contributed by atoms with Crippen LogP contribution in [-0.4, -0.2) is 11.0 Å². The summed E-state index contributed by atoms with van der Waals surface area (Å²) >= 11 is 7.85. The Morgan fingerprint density at radius 1 is 1.26 bits per heavy atom. The summed E-state index contributed by atoms with van der Waals surface area (Å²) in [6, 6.07) is 8.48. The standard InChI is InChI=1S/C15H19ClN2S/c1-9(2)17-14(12-6-5-7-13(16)8-12)15-18-10(3)11(4)19-15/h5-9,14,17H,1-4H3. The first-order valence-electron chi connectivity index (χ1n) is 6.43. The molecule has 1 atom stereocenters. The minimum atomic E-state index is 0.107. The first kappa shape index (κ1) is 14.5. The molecule has 0 bridgehead atoms. The number of nitrogens with one attached hydrogen (secondary N) is 1. The van der Waals surface area contributed by atoms with Crippen molar-refractivity contribution in [2.24, 2.45) is 0 Å². The summed E-state index contributed by atoms with van der Waals surface area (Å²) in [6.07, 6.45) is 0. The highest BCUT2D eigenvalue weighted by Gasteiger charge is 2.19. The van der Waals surface area contributed by atoms with Crippen molar-refractivity contribution in [3.05, 3.63) is 50.4 Å². The van der Waals surface area contributed by atoms with Crippen LogP contribution >= 0.6 is 22.9 Å². The smallest absolute Gasteiger partial charge is 0.115 e. The molecule has 1 heterocycles. The van der Waals surface area contributed by atoms with Crippen LogP contribution in [0.4, 0.5) is 0 Å². The summed E-state index contributed by atoms with van der Waals surface area (Å²) in [5, 5.41) is 5.43. The Balaban J connectivity index is 2.41. The largest absolute Gasteiger partial charge is 0.302 e. The zero-order valence-electron chi connectivity index (χ0n) is 11.7. The number of halogens is 1. The van der Waals surface area contributed by atoms with Gasteiger partial charge in [-0.05, 0) is 45.4 Å². The van der Waals surface area contributed by atoms with Gasteiger partial charge in [-0.15, -0.1) is 11.3 Å². The third-order valence-electron chi connectivity index (χ3n) is 2.97. The molecule has 0 spiro atoms. The Hall–Kier alpha value is -0.900. The molecule has 0 radical (unpaired) electrons. The van der Waals surface area contributed by atoms with E-state index in [1.807, 2.05) is 18.2 Å². The number of aryl methyl sites for hydroxylation is 2. The zero-order chi connectivity index (χ0) is 14.0. The van der Waals surface area contributed by atoms with Gasteiger partial charge in [-0.25, -0.2) is 4.98 Å². The molecule has 0 amide bonds. The molecule has 1 aromatic heterocycles. The molecule has 1 N–H and O–H groups in total. The lowest BCUT2D eigenvalue weighted by atomic mass is 10.1. The van der Waals surface area contributed by atoms with Gasteiger partial charge in [-0.3, -0.25) is 0 Å². The summed E-state index contributed by atoms with van der Waals surface area (Å²) in [5.41, 5.74) is 2.27. The summed E-state index contributed by atoms with van der Waals surface area (Å²) < 4.78 is 0. The molecule has 102 valence electrons. The normalized spacial score (nSPS) is 12.9. The van der Waals surface area contributed by atoms with Crippen molar-refractivity contribution in [3.8, 4) is 0 Å². The van der Waals surface area contributed by atoms with Gasteiger partial charge in [0.1, 0.15) is 5.01 Å². The van der Waals surface area contributed by atoms with Gasteiger partial charge < -0.3 is 5.32 Å². The number of nitrogens with zero attached hydrogens (tertiary/aromatic N) is 1. The van der Waals surface area contributed by atoms with Crippen LogP contribution in [0.1, 0.15) is 41.0 Å². The quantitative estimate of drug-likeness (QED) is 0.898. The second-order valence-electron chi connectivity index (χ2n) is 5.00. The molecule has 4 heteroatoms. The summed E-state index contributed by atoms with van der Waals surface area (Å²) in [5.74, 6) is 0. The van der Waals surface area contributed by atoms with E-state index in [0.717, 1.165) is 21.3 Å². The van der Waals surface area contributed by atoms with Crippen LogP contribution in [0, 0.1) is 13.8 Å². The average Bonchev–Trinajstić information content (AvgIpc) is 2.66. The fourth-order valence-electron chi connectivity index (χ4n) is 1.95. The van der Waals surface area contributed by atoms with E-state index in [-0.39, 0.29) is 6.04 Å². The number of rotatable bonds is 4. The highest BCUT2D eigenvalue weighted by Crippen LogP contribution is 2.29. The van der Waals surface area contributed by atoms with Crippen molar-refractivity contribution in [2.45, 2.75) is 39.8 Å². The van der Waals surface area contributed by atoms with Crippen molar-refractivity contribution in [1.29, 1.82) is 0 Å². The van der Waals surface area contributed by atoms with Crippen LogP contribution in [0.5, 0.6) is 0 Å². The maximum Gasteiger partial charge on any atom is 0.115 e. The molecule has 2 rings (SSSR count). The summed E-state index contributed by atoms with van der Waals surface area (Å²) in [6.45, 7) is 8.45. The van der Waals surface area contributed by atoms with E-state index in [1.54, 1.807) is 11.3 Å². The number of aromatic nitrogens is 1. The number of benzene rings is 1. The minimum Gasteiger partial charge on any atom is -0.302 e. The number of thiazole rings is 1. The van der Waals surface area contributed by atoms with Gasteiger partial charge in [0.2, 0.25) is 0 Å². The van der Waals surface area contributed by atoms with Crippen molar-refractivity contribution in [1.82, 2.24) is 10.3 Å². The van der Waals surface area contributed by atoms with Crippen LogP contribution in [0.15, 0.2) is 24.3 Å². The van der Waals surface area contributed by atoms with Crippen molar-refractivity contribution < 1.29 is 0 Å². The fourth-order valence-corrected chi connectivity index (χ4v) is 3.16. The molecule has 19 heavy (non-hydrogen) atoms. The minimum absolute atomic E-state index is 0.107. The fraction of sp³-hybridized carbons (Fsp3) is 0.400. The van der Waals surface area contributed by atoms with Crippen LogP contribution in [0.3, 0.4) is 0 Å². The van der Waals surface area contributed by atoms with Crippen LogP contribution in [-0.2, 0) is 0 Å². The first-order chi connectivity index (χ1) is 8.97. The highest BCUT2D eigenvalue weighted by molar-refractivity contribution is 7.11. The molecule has 1 aromatic carbocycles. The summed E-state index contributed by atoms with van der Waals surface area (Å²) in [7, 11) is 0. The summed E-state index contributed by atoms with van der Waals surface area (Å²) in [4.78, 5) is 5.95. The maximum atomic E-state index is 6.10. The Bertz CT molecular complexity index is 544. The van der Waals surface area contributed by atoms with Gasteiger partial charge in [0.15, 0.2) is 0 Å². The molecule has 2 nitrogen and oxygen atoms in total. The van der Waals surface area contributed by atoms with E-state index in [4.69, 9.17) is 11.6 Å². The molecule has 0 saturated carbocycles. The topological polar surface area (TPSA) is 24.9 Å². The van der Waals surface area contributed by atoms with E-state index in [1.165, 1.54) is 4.88 Å². The van der Waals surface area contributed by atoms with Crippen molar-refractivity contribution in [3.63, 3.8) is 0 Å². The SMILES string of the molecule is Cc1nc(C(NC(C)C)c2cccc(Cl)c2)sc1C. The average molecular weight is 295 g/mol. The van der Waals surface area contributed by atoms with Gasteiger partial charge in [0, 0.05) is 15.9 Å². The molecule has 0 aliphatic rings. The van der Waals surface area contributed by atoms with E-state index in [2.05, 4.69) is 44.1 Å². The molecule has 0 saturated heterocycles. The van der Waals surface area contributed by atoms with Crippen molar-refractivity contribution >= 4 is 22.9 Å². The van der Waals surface area contributed by atoms with Gasteiger partial charge >= 0.3 is 0 Å². The molecular weight excluding hydrogens is 276 g/mol. The third kappa shape index (κ3) is 3.56. The van der Waals surface area contributed by atoms with Crippen molar-refractivity contribution in [2.75, 3.05) is 0 Å². The van der Waals surface area contributed by atoms with Gasteiger partial charge in [-0.2, -0.15) is 0 Å². The Morgan fingerprint density at radius 3 is 2.53 bits per heavy atom. The molecular formula is C15H19ClN2S. The predicted molar refractivity (Wildman–Crippen MR) is 83.2 cm³/mol. The molecule has 1 unspecified atom stereocenters. The Labute approximate surface area is 123 Å². The third-order valence-corrected chi connectivity index (χ3v) is 4.35. The number of hydrogen-bond acceptors (Lipinski definition) is 3. The lowest BCUT2D eigenvalue weighted by Gasteiger charge is -2.20. The predicted octanol–water partition coefficient (Wildman–Crippen LogP) is 4.50. The maximum absolute atomic E-state index is 6.10. The van der Waals surface area contributed by atoms with Crippen LogP contribution in [0.2, 0.25) is 5.02 Å². The Morgan fingerprint density at radius 2 is 2.00 bits per heavy atom. The molecule has 0 fully saturated rings. The number of hydrogen-bond donors (Lipinski definition) is 1. The lowest BCUT2D eigenvalue weighted by molar-refractivity contribution is 0.526.